The molecule has 2 nitrogen and oxygen atoms in total. The fourth-order valence-electron chi connectivity index (χ4n) is 1.75. The van der Waals surface area contributed by atoms with Crippen LogP contribution in [-0.4, -0.2) is 17.7 Å². The van der Waals surface area contributed by atoms with Crippen LogP contribution in [0.5, 0.6) is 0 Å². The average molecular weight is 221 g/mol. The third-order valence-electron chi connectivity index (χ3n) is 2.84. The second-order valence-electron chi connectivity index (χ2n) is 4.52. The van der Waals surface area contributed by atoms with Crippen LogP contribution in [0.3, 0.4) is 0 Å². The molecule has 1 aromatic rings. The van der Waals surface area contributed by atoms with Gasteiger partial charge in [-0.25, -0.2) is 0 Å². The summed E-state index contributed by atoms with van der Waals surface area (Å²) in [4.78, 5) is 0. The average Bonchev–Trinajstić information content (AvgIpc) is 2.27. The number of aliphatic hydroxyl groups is 1. The van der Waals surface area contributed by atoms with Crippen LogP contribution in [0.2, 0.25) is 0 Å². The van der Waals surface area contributed by atoms with Crippen LogP contribution in [0.25, 0.3) is 0 Å². The Hall–Kier alpha value is -0.860. The number of hydrogen-bond donors (Lipinski definition) is 2. The van der Waals surface area contributed by atoms with Gasteiger partial charge in [-0.05, 0) is 25.8 Å². The fourth-order valence-corrected chi connectivity index (χ4v) is 1.75. The predicted molar refractivity (Wildman–Crippen MR) is 68.5 cm³/mol. The maximum absolute atomic E-state index is 9.97. The molecule has 16 heavy (non-hydrogen) atoms. The summed E-state index contributed by atoms with van der Waals surface area (Å²) < 4.78 is 0. The van der Waals surface area contributed by atoms with Crippen LogP contribution in [0.1, 0.15) is 43.9 Å². The van der Waals surface area contributed by atoms with E-state index in [9.17, 15) is 5.11 Å². The minimum atomic E-state index is -0.403. The largest absolute Gasteiger partial charge is 0.387 e. The van der Waals surface area contributed by atoms with Crippen molar-refractivity contribution in [2.75, 3.05) is 6.54 Å². The molecule has 2 heteroatoms. The lowest BCUT2D eigenvalue weighted by Gasteiger charge is -2.17. The van der Waals surface area contributed by atoms with Gasteiger partial charge in [0.2, 0.25) is 0 Å². The molecule has 0 saturated carbocycles. The van der Waals surface area contributed by atoms with Crippen molar-refractivity contribution in [2.24, 2.45) is 0 Å². The summed E-state index contributed by atoms with van der Waals surface area (Å²) >= 11 is 0. The highest BCUT2D eigenvalue weighted by molar-refractivity contribution is 5.23. The molecule has 0 aromatic heterocycles. The first-order valence-corrected chi connectivity index (χ1v) is 6.11. The molecule has 0 aliphatic heterocycles. The summed E-state index contributed by atoms with van der Waals surface area (Å²) in [5.74, 6) is 0. The normalized spacial score (nSPS) is 14.8. The molecule has 90 valence electrons. The lowest BCUT2D eigenvalue weighted by molar-refractivity contribution is 0.170. The van der Waals surface area contributed by atoms with Crippen LogP contribution >= 0.6 is 0 Å². The lowest BCUT2D eigenvalue weighted by Crippen LogP contribution is -2.30. The van der Waals surface area contributed by atoms with Crippen molar-refractivity contribution in [3.63, 3.8) is 0 Å². The predicted octanol–water partition coefficient (Wildman–Crippen LogP) is 2.81. The van der Waals surface area contributed by atoms with E-state index in [0.29, 0.717) is 12.6 Å². The molecular formula is C14H23NO. The van der Waals surface area contributed by atoms with Crippen molar-refractivity contribution in [1.29, 1.82) is 0 Å². The van der Waals surface area contributed by atoms with E-state index in [1.807, 2.05) is 24.3 Å². The van der Waals surface area contributed by atoms with Crippen molar-refractivity contribution in [3.8, 4) is 0 Å². The van der Waals surface area contributed by atoms with Gasteiger partial charge >= 0.3 is 0 Å². The molecule has 0 saturated heterocycles. The molecule has 0 heterocycles. The highest BCUT2D eigenvalue weighted by Crippen LogP contribution is 2.13. The van der Waals surface area contributed by atoms with E-state index in [4.69, 9.17) is 0 Å². The van der Waals surface area contributed by atoms with E-state index < -0.39 is 6.10 Å². The maximum atomic E-state index is 9.97. The summed E-state index contributed by atoms with van der Waals surface area (Å²) in [5, 5.41) is 13.3. The Morgan fingerprint density at radius 3 is 2.44 bits per heavy atom. The molecule has 2 N–H and O–H groups in total. The molecule has 1 rings (SSSR count). The Morgan fingerprint density at radius 1 is 1.25 bits per heavy atom. The topological polar surface area (TPSA) is 32.3 Å². The van der Waals surface area contributed by atoms with Crippen molar-refractivity contribution < 1.29 is 5.11 Å². The van der Waals surface area contributed by atoms with Gasteiger partial charge in [0.15, 0.2) is 0 Å². The molecule has 2 atom stereocenters. The molecule has 0 amide bonds. The van der Waals surface area contributed by atoms with Crippen LogP contribution in [-0.2, 0) is 0 Å². The standard InChI is InChI=1S/C14H23NO/c1-4-5-12(3)15-10-14(16)13-8-6-11(2)7-9-13/h6-9,12,14-16H,4-5,10H2,1-3H3/t12-,14+/m1/s1. The van der Waals surface area contributed by atoms with E-state index >= 15 is 0 Å². The van der Waals surface area contributed by atoms with Gasteiger partial charge < -0.3 is 10.4 Å². The monoisotopic (exact) mass is 221 g/mol. The summed E-state index contributed by atoms with van der Waals surface area (Å²) in [5.41, 5.74) is 2.21. The molecule has 0 unspecified atom stereocenters. The van der Waals surface area contributed by atoms with Gasteiger partial charge in [0.1, 0.15) is 0 Å². The van der Waals surface area contributed by atoms with E-state index in [1.54, 1.807) is 0 Å². The molecule has 0 aliphatic carbocycles. The first-order valence-electron chi connectivity index (χ1n) is 6.11. The van der Waals surface area contributed by atoms with Crippen LogP contribution in [0, 0.1) is 6.92 Å². The lowest BCUT2D eigenvalue weighted by atomic mass is 10.1. The Morgan fingerprint density at radius 2 is 1.88 bits per heavy atom. The fraction of sp³-hybridized carbons (Fsp3) is 0.571. The van der Waals surface area contributed by atoms with E-state index in [-0.39, 0.29) is 0 Å². The summed E-state index contributed by atoms with van der Waals surface area (Å²) in [6.07, 6.45) is 1.93. The Balaban J connectivity index is 2.40. The maximum Gasteiger partial charge on any atom is 0.0914 e. The minimum Gasteiger partial charge on any atom is -0.387 e. The van der Waals surface area contributed by atoms with Crippen molar-refractivity contribution in [2.45, 2.75) is 45.8 Å². The summed E-state index contributed by atoms with van der Waals surface area (Å²) in [7, 11) is 0. The zero-order valence-electron chi connectivity index (χ0n) is 10.5. The molecule has 0 aliphatic rings. The Kier molecular flexibility index (Phi) is 5.50. The van der Waals surface area contributed by atoms with Gasteiger partial charge in [-0.3, -0.25) is 0 Å². The Bertz CT molecular complexity index is 294. The molecule has 0 spiro atoms. The highest BCUT2D eigenvalue weighted by atomic mass is 16.3. The van der Waals surface area contributed by atoms with Gasteiger partial charge in [-0.1, -0.05) is 43.2 Å². The minimum absolute atomic E-state index is 0.403. The number of hydrogen-bond acceptors (Lipinski definition) is 2. The van der Waals surface area contributed by atoms with E-state index in [1.165, 1.54) is 12.0 Å². The molecule has 1 aromatic carbocycles. The quantitative estimate of drug-likeness (QED) is 0.774. The molecule has 0 radical (unpaired) electrons. The zero-order chi connectivity index (χ0) is 12.0. The smallest absolute Gasteiger partial charge is 0.0914 e. The second kappa shape index (κ2) is 6.66. The molecule has 0 bridgehead atoms. The zero-order valence-corrected chi connectivity index (χ0v) is 10.5. The number of rotatable bonds is 6. The number of benzene rings is 1. The van der Waals surface area contributed by atoms with E-state index in [2.05, 4.69) is 26.1 Å². The van der Waals surface area contributed by atoms with Crippen molar-refractivity contribution in [3.05, 3.63) is 35.4 Å². The summed E-state index contributed by atoms with van der Waals surface area (Å²) in [6, 6.07) is 8.53. The van der Waals surface area contributed by atoms with Gasteiger partial charge in [0.05, 0.1) is 6.10 Å². The third kappa shape index (κ3) is 4.33. The third-order valence-corrected chi connectivity index (χ3v) is 2.84. The first kappa shape index (κ1) is 13.2. The number of nitrogens with one attached hydrogen (secondary N) is 1. The van der Waals surface area contributed by atoms with Crippen molar-refractivity contribution in [1.82, 2.24) is 5.32 Å². The summed E-state index contributed by atoms with van der Waals surface area (Å²) in [6.45, 7) is 7.02. The SMILES string of the molecule is CCC[C@@H](C)NC[C@H](O)c1ccc(C)cc1. The number of aliphatic hydroxyl groups excluding tert-OH is 1. The van der Waals surface area contributed by atoms with Crippen LogP contribution in [0.15, 0.2) is 24.3 Å². The van der Waals surface area contributed by atoms with Gasteiger partial charge in [0, 0.05) is 12.6 Å². The second-order valence-corrected chi connectivity index (χ2v) is 4.52. The van der Waals surface area contributed by atoms with Gasteiger partial charge in [-0.2, -0.15) is 0 Å². The van der Waals surface area contributed by atoms with Gasteiger partial charge in [0.25, 0.3) is 0 Å². The van der Waals surface area contributed by atoms with Crippen LogP contribution in [0.4, 0.5) is 0 Å². The molecule has 0 fully saturated rings. The van der Waals surface area contributed by atoms with Gasteiger partial charge in [-0.15, -0.1) is 0 Å². The number of aryl methyl sites for hydroxylation is 1. The molecular weight excluding hydrogens is 198 g/mol. The van der Waals surface area contributed by atoms with Crippen LogP contribution < -0.4 is 5.32 Å². The Labute approximate surface area is 98.7 Å². The van der Waals surface area contributed by atoms with Crippen molar-refractivity contribution >= 4 is 0 Å². The first-order chi connectivity index (χ1) is 7.63. The van der Waals surface area contributed by atoms with E-state index in [0.717, 1.165) is 12.0 Å². The highest BCUT2D eigenvalue weighted by Gasteiger charge is 2.08.